The average molecular weight is 396 g/mol. The number of hydrogen-bond acceptors (Lipinski definition) is 6. The number of sulfonamides is 1. The molecule has 2 aromatic rings. The lowest BCUT2D eigenvalue weighted by atomic mass is 10.1. The number of halogens is 1. The molecule has 0 spiro atoms. The van der Waals surface area contributed by atoms with Gasteiger partial charge in [0.1, 0.15) is 11.9 Å². The van der Waals surface area contributed by atoms with Gasteiger partial charge in [0.25, 0.3) is 0 Å². The van der Waals surface area contributed by atoms with Crippen LogP contribution in [0, 0.1) is 0 Å². The Balaban J connectivity index is 1.50. The van der Waals surface area contributed by atoms with Crippen LogP contribution in [0.3, 0.4) is 0 Å². The molecule has 2 aliphatic rings. The molecule has 1 fully saturated rings. The Hall–Kier alpha value is -1.90. The summed E-state index contributed by atoms with van der Waals surface area (Å²) in [5.41, 5.74) is 0.936. The number of hydrogen-bond donors (Lipinski definition) is 0. The van der Waals surface area contributed by atoms with Gasteiger partial charge in [-0.05, 0) is 36.6 Å². The fourth-order valence-corrected chi connectivity index (χ4v) is 4.86. The SMILES string of the molecule is O=S(=O)(c1ccc2c(c1)CCO2)N1CCCC(Oc2ncc(Cl)cn2)C1. The quantitative estimate of drug-likeness (QED) is 0.790. The fourth-order valence-electron chi connectivity index (χ4n) is 3.20. The van der Waals surface area contributed by atoms with Gasteiger partial charge >= 0.3 is 6.01 Å². The Morgan fingerprint density at radius 2 is 2.08 bits per heavy atom. The van der Waals surface area contributed by atoms with Gasteiger partial charge in [-0.25, -0.2) is 18.4 Å². The summed E-state index contributed by atoms with van der Waals surface area (Å²) >= 11 is 5.77. The maximum Gasteiger partial charge on any atom is 0.316 e. The van der Waals surface area contributed by atoms with Crippen LogP contribution >= 0.6 is 11.6 Å². The molecule has 1 aromatic heterocycles. The van der Waals surface area contributed by atoms with Crippen LogP contribution < -0.4 is 9.47 Å². The van der Waals surface area contributed by atoms with Gasteiger partial charge in [0.2, 0.25) is 10.0 Å². The van der Waals surface area contributed by atoms with Gasteiger partial charge in [-0.3, -0.25) is 0 Å². The Morgan fingerprint density at radius 3 is 2.88 bits per heavy atom. The van der Waals surface area contributed by atoms with E-state index in [4.69, 9.17) is 21.1 Å². The lowest BCUT2D eigenvalue weighted by Gasteiger charge is -2.31. The first-order chi connectivity index (χ1) is 12.5. The molecule has 7 nitrogen and oxygen atoms in total. The molecule has 2 aliphatic heterocycles. The van der Waals surface area contributed by atoms with Crippen molar-refractivity contribution >= 4 is 21.6 Å². The Kier molecular flexibility index (Phi) is 4.73. The highest BCUT2D eigenvalue weighted by Gasteiger charge is 2.32. The molecule has 9 heteroatoms. The summed E-state index contributed by atoms with van der Waals surface area (Å²) in [6, 6.07) is 5.25. The number of rotatable bonds is 4. The summed E-state index contributed by atoms with van der Waals surface area (Å²) in [4.78, 5) is 8.32. The zero-order valence-electron chi connectivity index (χ0n) is 14.0. The van der Waals surface area contributed by atoms with Gasteiger partial charge in [-0.2, -0.15) is 4.31 Å². The molecule has 0 saturated carbocycles. The molecule has 4 rings (SSSR count). The number of benzene rings is 1. The van der Waals surface area contributed by atoms with Crippen LogP contribution in [0.15, 0.2) is 35.5 Å². The van der Waals surface area contributed by atoms with E-state index in [0.717, 1.165) is 24.2 Å². The third-order valence-electron chi connectivity index (χ3n) is 4.51. The molecule has 1 atom stereocenters. The van der Waals surface area contributed by atoms with E-state index in [9.17, 15) is 8.42 Å². The van der Waals surface area contributed by atoms with Crippen molar-refractivity contribution in [2.45, 2.75) is 30.3 Å². The largest absolute Gasteiger partial charge is 0.493 e. The number of ether oxygens (including phenoxy) is 2. The van der Waals surface area contributed by atoms with E-state index < -0.39 is 10.0 Å². The number of fused-ring (bicyclic) bond motifs is 1. The lowest BCUT2D eigenvalue weighted by Crippen LogP contribution is -2.44. The van der Waals surface area contributed by atoms with E-state index in [0.29, 0.717) is 29.5 Å². The van der Waals surface area contributed by atoms with Crippen LogP contribution in [0.2, 0.25) is 5.02 Å². The third kappa shape index (κ3) is 3.49. The highest BCUT2D eigenvalue weighted by atomic mass is 35.5. The third-order valence-corrected chi connectivity index (χ3v) is 6.56. The molecule has 0 N–H and O–H groups in total. The lowest BCUT2D eigenvalue weighted by molar-refractivity contribution is 0.119. The monoisotopic (exact) mass is 395 g/mol. The van der Waals surface area contributed by atoms with Gasteiger partial charge in [0.15, 0.2) is 0 Å². The number of nitrogens with zero attached hydrogens (tertiary/aromatic N) is 3. The molecule has 3 heterocycles. The molecule has 0 aliphatic carbocycles. The molecule has 0 radical (unpaired) electrons. The second-order valence-corrected chi connectivity index (χ2v) is 8.67. The summed E-state index contributed by atoms with van der Waals surface area (Å²) in [7, 11) is -3.58. The standard InChI is InChI=1S/C17H18ClN3O4S/c18-13-9-19-17(20-10-13)25-14-2-1-6-21(11-14)26(22,23)15-3-4-16-12(8-15)5-7-24-16/h3-4,8-10,14H,1-2,5-7,11H2. The van der Waals surface area contributed by atoms with E-state index in [-0.39, 0.29) is 18.7 Å². The van der Waals surface area contributed by atoms with Crippen molar-refractivity contribution in [3.05, 3.63) is 41.2 Å². The highest BCUT2D eigenvalue weighted by Crippen LogP contribution is 2.30. The van der Waals surface area contributed by atoms with Crippen molar-refractivity contribution in [3.63, 3.8) is 0 Å². The summed E-state index contributed by atoms with van der Waals surface area (Å²) < 4.78 is 38.7. The topological polar surface area (TPSA) is 81.6 Å². The minimum Gasteiger partial charge on any atom is -0.493 e. The minimum atomic E-state index is -3.58. The molecule has 1 saturated heterocycles. The summed E-state index contributed by atoms with van der Waals surface area (Å²) in [6.45, 7) is 1.33. The first kappa shape index (κ1) is 17.5. The second-order valence-electron chi connectivity index (χ2n) is 6.30. The Bertz CT molecular complexity index is 905. The first-order valence-electron chi connectivity index (χ1n) is 8.42. The second kappa shape index (κ2) is 7.02. The molecular formula is C17H18ClN3O4S. The van der Waals surface area contributed by atoms with Crippen LogP contribution in [0.25, 0.3) is 0 Å². The molecule has 0 amide bonds. The number of piperidine rings is 1. The van der Waals surface area contributed by atoms with Crippen molar-refractivity contribution in [3.8, 4) is 11.8 Å². The van der Waals surface area contributed by atoms with E-state index >= 15 is 0 Å². The average Bonchev–Trinajstić information content (AvgIpc) is 3.12. The van der Waals surface area contributed by atoms with Crippen LogP contribution in [0.4, 0.5) is 0 Å². The van der Waals surface area contributed by atoms with E-state index in [1.54, 1.807) is 18.2 Å². The normalized spacial score (nSPS) is 20.4. The molecule has 1 unspecified atom stereocenters. The van der Waals surface area contributed by atoms with E-state index in [1.165, 1.54) is 16.7 Å². The van der Waals surface area contributed by atoms with Crippen molar-refractivity contribution in [2.24, 2.45) is 0 Å². The molecular weight excluding hydrogens is 378 g/mol. The first-order valence-corrected chi connectivity index (χ1v) is 10.2. The molecule has 0 bridgehead atoms. The zero-order valence-corrected chi connectivity index (χ0v) is 15.5. The highest BCUT2D eigenvalue weighted by molar-refractivity contribution is 7.89. The van der Waals surface area contributed by atoms with E-state index in [1.807, 2.05) is 0 Å². The van der Waals surface area contributed by atoms with Gasteiger partial charge in [0, 0.05) is 13.0 Å². The molecule has 26 heavy (non-hydrogen) atoms. The van der Waals surface area contributed by atoms with Gasteiger partial charge in [-0.1, -0.05) is 11.6 Å². The number of aromatic nitrogens is 2. The van der Waals surface area contributed by atoms with Crippen LogP contribution in [-0.2, 0) is 16.4 Å². The summed E-state index contributed by atoms with van der Waals surface area (Å²) in [5.74, 6) is 0.767. The van der Waals surface area contributed by atoms with Gasteiger partial charge in [0.05, 0.1) is 35.5 Å². The van der Waals surface area contributed by atoms with Crippen LogP contribution in [0.1, 0.15) is 18.4 Å². The maximum atomic E-state index is 13.0. The maximum absolute atomic E-state index is 13.0. The van der Waals surface area contributed by atoms with Crippen LogP contribution in [0.5, 0.6) is 11.8 Å². The summed E-state index contributed by atoms with van der Waals surface area (Å²) in [5, 5.41) is 0.422. The smallest absolute Gasteiger partial charge is 0.316 e. The Labute approximate surface area is 157 Å². The predicted octanol–water partition coefficient (Wildman–Crippen LogP) is 2.30. The minimum absolute atomic E-state index is 0.202. The summed E-state index contributed by atoms with van der Waals surface area (Å²) in [6.07, 6.45) is 4.80. The zero-order chi connectivity index (χ0) is 18.1. The van der Waals surface area contributed by atoms with Gasteiger partial charge in [-0.15, -0.1) is 0 Å². The van der Waals surface area contributed by atoms with Crippen molar-refractivity contribution in [1.82, 2.24) is 14.3 Å². The predicted molar refractivity (Wildman–Crippen MR) is 95.1 cm³/mol. The van der Waals surface area contributed by atoms with Crippen molar-refractivity contribution in [1.29, 1.82) is 0 Å². The van der Waals surface area contributed by atoms with Gasteiger partial charge < -0.3 is 9.47 Å². The van der Waals surface area contributed by atoms with E-state index in [2.05, 4.69) is 9.97 Å². The molecule has 1 aromatic carbocycles. The van der Waals surface area contributed by atoms with Crippen molar-refractivity contribution in [2.75, 3.05) is 19.7 Å². The van der Waals surface area contributed by atoms with Crippen molar-refractivity contribution < 1.29 is 17.9 Å². The molecule has 138 valence electrons. The fraction of sp³-hybridized carbons (Fsp3) is 0.412. The Morgan fingerprint density at radius 1 is 1.27 bits per heavy atom. The van der Waals surface area contributed by atoms with Crippen LogP contribution in [-0.4, -0.2) is 48.5 Å².